The Balaban J connectivity index is 0.00000364. The number of aryl methyl sites for hydroxylation is 3. The van der Waals surface area contributed by atoms with E-state index in [1.165, 1.54) is 22.5 Å². The zero-order valence-corrected chi connectivity index (χ0v) is 19.7. The van der Waals surface area contributed by atoms with Crippen LogP contribution in [0.5, 0.6) is 0 Å². The summed E-state index contributed by atoms with van der Waals surface area (Å²) in [7, 11) is 3.78. The van der Waals surface area contributed by atoms with Crippen LogP contribution in [-0.2, 0) is 13.6 Å². The number of guanidine groups is 1. The number of nitrogens with one attached hydrogen (secondary N) is 2. The van der Waals surface area contributed by atoms with E-state index < -0.39 is 0 Å². The van der Waals surface area contributed by atoms with Gasteiger partial charge in [0.2, 0.25) is 0 Å². The molecule has 0 aliphatic heterocycles. The lowest BCUT2D eigenvalue weighted by Crippen LogP contribution is -2.41. The maximum atomic E-state index is 4.46. The molecule has 0 saturated heterocycles. The van der Waals surface area contributed by atoms with Crippen LogP contribution in [0.15, 0.2) is 29.3 Å². The molecule has 0 fully saturated rings. The van der Waals surface area contributed by atoms with Crippen LogP contribution in [0.1, 0.15) is 29.4 Å². The van der Waals surface area contributed by atoms with E-state index in [2.05, 4.69) is 70.7 Å². The molecule has 1 aromatic carbocycles. The summed E-state index contributed by atoms with van der Waals surface area (Å²) < 4.78 is 1.92. The molecule has 150 valence electrons. The van der Waals surface area contributed by atoms with Gasteiger partial charge in [0.05, 0.1) is 5.69 Å². The average molecular weight is 484 g/mol. The first-order chi connectivity index (χ1) is 12.5. The minimum absolute atomic E-state index is 0. The standard InChI is InChI=1S/C20H32N6.HI/c1-7-26(19-11-9-8-10-15(19)2)13-12-22-20(21-5)23-14-18-16(3)24-25(6)17(18)4;/h8-11H,7,12-14H2,1-6H3,(H2,21,22,23);1H. The van der Waals surface area contributed by atoms with Crippen LogP contribution in [0.2, 0.25) is 0 Å². The van der Waals surface area contributed by atoms with E-state index in [9.17, 15) is 0 Å². The van der Waals surface area contributed by atoms with Crippen molar-refractivity contribution < 1.29 is 0 Å². The fourth-order valence-corrected chi connectivity index (χ4v) is 3.14. The SMILES string of the molecule is CCN(CCNC(=NC)NCc1c(C)nn(C)c1C)c1ccccc1C.I. The van der Waals surface area contributed by atoms with Gasteiger partial charge in [0, 0.05) is 57.2 Å². The fourth-order valence-electron chi connectivity index (χ4n) is 3.14. The van der Waals surface area contributed by atoms with Gasteiger partial charge >= 0.3 is 0 Å². The quantitative estimate of drug-likeness (QED) is 0.360. The lowest BCUT2D eigenvalue weighted by atomic mass is 10.2. The van der Waals surface area contributed by atoms with Gasteiger partial charge < -0.3 is 15.5 Å². The molecule has 0 atom stereocenters. The molecule has 1 aromatic heterocycles. The number of halogens is 1. The van der Waals surface area contributed by atoms with Gasteiger partial charge in [-0.15, -0.1) is 24.0 Å². The Morgan fingerprint density at radius 3 is 2.44 bits per heavy atom. The number of anilines is 1. The highest BCUT2D eigenvalue weighted by molar-refractivity contribution is 14.0. The van der Waals surface area contributed by atoms with Crippen molar-refractivity contribution in [2.24, 2.45) is 12.0 Å². The topological polar surface area (TPSA) is 57.5 Å². The predicted molar refractivity (Wildman–Crippen MR) is 125 cm³/mol. The molecule has 0 aliphatic rings. The zero-order chi connectivity index (χ0) is 19.1. The Morgan fingerprint density at radius 1 is 1.19 bits per heavy atom. The Hall–Kier alpha value is -1.77. The lowest BCUT2D eigenvalue weighted by Gasteiger charge is -2.25. The summed E-state index contributed by atoms with van der Waals surface area (Å²) in [5.74, 6) is 0.813. The molecular weight excluding hydrogens is 451 g/mol. The van der Waals surface area contributed by atoms with Gasteiger partial charge in [-0.1, -0.05) is 18.2 Å². The number of aliphatic imine (C=N–C) groups is 1. The Labute approximate surface area is 180 Å². The van der Waals surface area contributed by atoms with Crippen LogP contribution >= 0.6 is 24.0 Å². The van der Waals surface area contributed by atoms with Gasteiger partial charge in [0.1, 0.15) is 0 Å². The Bertz CT molecular complexity index is 753. The molecular formula is C20H33IN6. The summed E-state index contributed by atoms with van der Waals surface area (Å²) in [6, 6.07) is 8.51. The molecule has 0 unspecified atom stereocenters. The van der Waals surface area contributed by atoms with Gasteiger partial charge in [-0.25, -0.2) is 0 Å². The van der Waals surface area contributed by atoms with Crippen LogP contribution in [0.25, 0.3) is 0 Å². The predicted octanol–water partition coefficient (Wildman–Crippen LogP) is 3.15. The highest BCUT2D eigenvalue weighted by Gasteiger charge is 2.10. The van der Waals surface area contributed by atoms with E-state index in [1.807, 2.05) is 18.7 Å². The number of benzene rings is 1. The summed E-state index contributed by atoms with van der Waals surface area (Å²) in [4.78, 5) is 6.71. The van der Waals surface area contributed by atoms with E-state index in [4.69, 9.17) is 0 Å². The number of para-hydroxylation sites is 1. The number of hydrogen-bond acceptors (Lipinski definition) is 3. The van der Waals surface area contributed by atoms with E-state index >= 15 is 0 Å². The highest BCUT2D eigenvalue weighted by atomic mass is 127. The molecule has 0 aliphatic carbocycles. The van der Waals surface area contributed by atoms with Crippen molar-refractivity contribution in [1.29, 1.82) is 0 Å². The van der Waals surface area contributed by atoms with E-state index in [0.717, 1.165) is 37.8 Å². The van der Waals surface area contributed by atoms with Crippen LogP contribution in [-0.4, -0.2) is 42.4 Å². The second-order valence-corrected chi connectivity index (χ2v) is 6.49. The molecule has 0 saturated carbocycles. The van der Waals surface area contributed by atoms with Gasteiger partial charge in [0.25, 0.3) is 0 Å². The maximum Gasteiger partial charge on any atom is 0.191 e. The van der Waals surface area contributed by atoms with Crippen LogP contribution in [0.4, 0.5) is 5.69 Å². The summed E-state index contributed by atoms with van der Waals surface area (Å²) in [6.07, 6.45) is 0. The minimum atomic E-state index is 0. The molecule has 0 spiro atoms. The first-order valence-corrected chi connectivity index (χ1v) is 9.22. The molecule has 7 heteroatoms. The second kappa shape index (κ2) is 11.2. The van der Waals surface area contributed by atoms with Gasteiger partial charge in [-0.2, -0.15) is 5.10 Å². The molecule has 0 bridgehead atoms. The molecule has 6 nitrogen and oxygen atoms in total. The van der Waals surface area contributed by atoms with Crippen molar-refractivity contribution in [3.63, 3.8) is 0 Å². The van der Waals surface area contributed by atoms with Crippen molar-refractivity contribution in [3.8, 4) is 0 Å². The summed E-state index contributed by atoms with van der Waals surface area (Å²) in [5.41, 5.74) is 6.07. The largest absolute Gasteiger partial charge is 0.370 e. The highest BCUT2D eigenvalue weighted by Crippen LogP contribution is 2.18. The third-order valence-electron chi connectivity index (χ3n) is 4.83. The minimum Gasteiger partial charge on any atom is -0.370 e. The second-order valence-electron chi connectivity index (χ2n) is 6.49. The number of rotatable bonds is 7. The molecule has 2 N–H and O–H groups in total. The number of likely N-dealkylation sites (N-methyl/N-ethyl adjacent to an activating group) is 1. The maximum absolute atomic E-state index is 4.46. The van der Waals surface area contributed by atoms with Crippen molar-refractivity contribution in [2.45, 2.75) is 34.2 Å². The van der Waals surface area contributed by atoms with Crippen LogP contribution < -0.4 is 15.5 Å². The molecule has 2 rings (SSSR count). The number of aromatic nitrogens is 2. The van der Waals surface area contributed by atoms with Gasteiger partial charge in [-0.05, 0) is 39.3 Å². The Morgan fingerprint density at radius 2 is 1.89 bits per heavy atom. The van der Waals surface area contributed by atoms with Crippen molar-refractivity contribution in [1.82, 2.24) is 20.4 Å². The van der Waals surface area contributed by atoms with E-state index in [-0.39, 0.29) is 24.0 Å². The first-order valence-electron chi connectivity index (χ1n) is 9.22. The van der Waals surface area contributed by atoms with E-state index in [0.29, 0.717) is 0 Å². The summed E-state index contributed by atoms with van der Waals surface area (Å²) in [5, 5.41) is 11.3. The van der Waals surface area contributed by atoms with Gasteiger partial charge in [0.15, 0.2) is 5.96 Å². The van der Waals surface area contributed by atoms with Crippen LogP contribution in [0, 0.1) is 20.8 Å². The lowest BCUT2D eigenvalue weighted by molar-refractivity contribution is 0.727. The molecule has 1 heterocycles. The molecule has 27 heavy (non-hydrogen) atoms. The Kier molecular flexibility index (Phi) is 9.62. The third kappa shape index (κ3) is 6.12. The molecule has 2 aromatic rings. The average Bonchev–Trinajstić information content (AvgIpc) is 2.87. The van der Waals surface area contributed by atoms with Crippen LogP contribution in [0.3, 0.4) is 0 Å². The zero-order valence-electron chi connectivity index (χ0n) is 17.3. The smallest absolute Gasteiger partial charge is 0.191 e. The monoisotopic (exact) mass is 484 g/mol. The number of hydrogen-bond donors (Lipinski definition) is 2. The van der Waals surface area contributed by atoms with Crippen molar-refractivity contribution in [2.75, 3.05) is 31.6 Å². The van der Waals surface area contributed by atoms with E-state index in [1.54, 1.807) is 7.05 Å². The fraction of sp³-hybridized carbons (Fsp3) is 0.500. The van der Waals surface area contributed by atoms with Gasteiger partial charge in [-0.3, -0.25) is 9.67 Å². The third-order valence-corrected chi connectivity index (χ3v) is 4.83. The summed E-state index contributed by atoms with van der Waals surface area (Å²) in [6.45, 7) is 11.9. The van der Waals surface area contributed by atoms with Crippen molar-refractivity contribution in [3.05, 3.63) is 46.8 Å². The first kappa shape index (κ1) is 23.3. The summed E-state index contributed by atoms with van der Waals surface area (Å²) >= 11 is 0. The molecule has 0 radical (unpaired) electrons. The molecule has 0 amide bonds. The normalized spacial score (nSPS) is 11.1. The number of nitrogens with zero attached hydrogens (tertiary/aromatic N) is 4. The van der Waals surface area contributed by atoms with Crippen molar-refractivity contribution >= 4 is 35.6 Å².